The molecule has 0 aromatic heterocycles. The number of allylic oxidation sites excluding steroid dienone is 3. The fraction of sp³-hybridized carbons (Fsp3) is 0.697. The van der Waals surface area contributed by atoms with Gasteiger partial charge in [-0.15, -0.1) is 0 Å². The average Bonchev–Trinajstić information content (AvgIpc) is 2.71. The molecule has 0 heterocycles. The van der Waals surface area contributed by atoms with E-state index in [2.05, 4.69) is 113 Å². The van der Waals surface area contributed by atoms with Crippen LogP contribution in [0.5, 0.6) is 11.5 Å². The second-order valence-corrected chi connectivity index (χ2v) is 24.2. The summed E-state index contributed by atoms with van der Waals surface area (Å²) in [6.45, 7) is 34.7. The maximum atomic E-state index is 7.22. The summed E-state index contributed by atoms with van der Waals surface area (Å²) in [5.41, 5.74) is 5.34. The van der Waals surface area contributed by atoms with E-state index in [1.54, 1.807) is 0 Å². The molecule has 2 nitrogen and oxygen atoms in total. The minimum atomic E-state index is -2.07. The van der Waals surface area contributed by atoms with E-state index in [0.29, 0.717) is 5.92 Å². The zero-order chi connectivity index (χ0) is 28.4. The molecule has 1 unspecified atom stereocenters. The highest BCUT2D eigenvalue weighted by atomic mass is 28.4. The summed E-state index contributed by atoms with van der Waals surface area (Å²) in [5.74, 6) is 2.77. The van der Waals surface area contributed by atoms with E-state index in [0.717, 1.165) is 30.8 Å². The molecule has 0 aliphatic heterocycles. The molecule has 2 atom stereocenters. The van der Waals surface area contributed by atoms with Crippen LogP contribution in [0.2, 0.25) is 36.3 Å². The Morgan fingerprint density at radius 3 is 1.81 bits per heavy atom. The van der Waals surface area contributed by atoms with Crippen molar-refractivity contribution in [2.24, 2.45) is 5.92 Å². The molecule has 0 amide bonds. The van der Waals surface area contributed by atoms with Crippen molar-refractivity contribution in [2.45, 2.75) is 143 Å². The number of hydrogen-bond acceptors (Lipinski definition) is 2. The summed E-state index contributed by atoms with van der Waals surface area (Å²) in [4.78, 5) is 0. The molecule has 37 heavy (non-hydrogen) atoms. The highest BCUT2D eigenvalue weighted by molar-refractivity contribution is 6.75. The largest absolute Gasteiger partial charge is 0.543 e. The molecule has 0 bridgehead atoms. The van der Waals surface area contributed by atoms with Crippen LogP contribution in [0, 0.1) is 5.92 Å². The van der Waals surface area contributed by atoms with E-state index in [1.165, 1.54) is 41.5 Å². The molecule has 0 radical (unpaired) electrons. The number of unbranched alkanes of at least 4 members (excludes halogenated alkanes) is 2. The van der Waals surface area contributed by atoms with Crippen LogP contribution in [-0.4, -0.2) is 16.6 Å². The Labute approximate surface area is 232 Å². The first kappa shape index (κ1) is 31.9. The Morgan fingerprint density at radius 1 is 0.919 bits per heavy atom. The number of benzene rings is 1. The molecule has 0 spiro atoms. The Hall–Kier alpha value is -1.27. The lowest BCUT2D eigenvalue weighted by Gasteiger charge is -2.41. The molecule has 1 aliphatic carbocycles. The van der Waals surface area contributed by atoms with Gasteiger partial charge in [0.15, 0.2) is 0 Å². The lowest BCUT2D eigenvalue weighted by molar-refractivity contribution is 0.428. The van der Waals surface area contributed by atoms with Crippen LogP contribution in [0.4, 0.5) is 0 Å². The lowest BCUT2D eigenvalue weighted by atomic mass is 9.73. The molecule has 1 aromatic rings. The molecule has 0 fully saturated rings. The van der Waals surface area contributed by atoms with E-state index < -0.39 is 16.6 Å². The summed E-state index contributed by atoms with van der Waals surface area (Å²) in [6.07, 6.45) is 9.52. The van der Waals surface area contributed by atoms with E-state index in [4.69, 9.17) is 8.85 Å². The first-order valence-corrected chi connectivity index (χ1v) is 20.5. The van der Waals surface area contributed by atoms with Crippen LogP contribution >= 0.6 is 0 Å². The first-order valence-electron chi connectivity index (χ1n) is 14.7. The van der Waals surface area contributed by atoms with E-state index in [-0.39, 0.29) is 16.0 Å². The van der Waals surface area contributed by atoms with Crippen molar-refractivity contribution in [1.82, 2.24) is 0 Å². The first-order chi connectivity index (χ1) is 16.8. The third kappa shape index (κ3) is 7.88. The topological polar surface area (TPSA) is 18.5 Å². The Morgan fingerprint density at radius 2 is 1.41 bits per heavy atom. The second kappa shape index (κ2) is 11.9. The summed E-state index contributed by atoms with van der Waals surface area (Å²) >= 11 is 0. The minimum Gasteiger partial charge on any atom is -0.543 e. The zero-order valence-electron chi connectivity index (χ0n) is 26.7. The van der Waals surface area contributed by atoms with Crippen molar-refractivity contribution in [3.63, 3.8) is 0 Å². The minimum absolute atomic E-state index is 0.120. The van der Waals surface area contributed by atoms with Crippen molar-refractivity contribution >= 4 is 16.6 Å². The molecule has 4 heteroatoms. The Balaban J connectivity index is 2.86. The van der Waals surface area contributed by atoms with Gasteiger partial charge in [-0.3, -0.25) is 0 Å². The van der Waals surface area contributed by atoms with Crippen LogP contribution in [0.1, 0.15) is 111 Å². The third-order valence-corrected chi connectivity index (χ3v) is 18.0. The zero-order valence-corrected chi connectivity index (χ0v) is 28.7. The normalized spacial score (nSPS) is 19.4. The molecule has 2 rings (SSSR count). The van der Waals surface area contributed by atoms with Gasteiger partial charge < -0.3 is 8.85 Å². The van der Waals surface area contributed by atoms with Crippen molar-refractivity contribution in [1.29, 1.82) is 0 Å². The number of hydrogen-bond donors (Lipinski definition) is 0. The van der Waals surface area contributed by atoms with Gasteiger partial charge in [0.2, 0.25) is 16.6 Å². The fourth-order valence-electron chi connectivity index (χ4n) is 4.64. The van der Waals surface area contributed by atoms with Gasteiger partial charge in [-0.2, -0.15) is 0 Å². The van der Waals surface area contributed by atoms with Crippen LogP contribution < -0.4 is 8.85 Å². The standard InChI is InChI=1S/C33H58O2Si2/c1-15-16-17-18-26-22-29(34-36(11,12)32(5,6)7)31(28-21-25(4)19-20-27(28)24(2)3)30(23-26)35-37(13,14)33(8,9)10/h21-23,27-28H,2,15-20H2,1,3-14H3/t27-,28?/m0/s1. The van der Waals surface area contributed by atoms with E-state index >= 15 is 0 Å². The van der Waals surface area contributed by atoms with Crippen molar-refractivity contribution in [3.05, 3.63) is 47.1 Å². The highest BCUT2D eigenvalue weighted by Gasteiger charge is 2.43. The second-order valence-electron chi connectivity index (χ2n) is 14.7. The number of aryl methyl sites for hydroxylation is 1. The molecular weight excluding hydrogens is 485 g/mol. The van der Waals surface area contributed by atoms with Gasteiger partial charge in [0.1, 0.15) is 11.5 Å². The van der Waals surface area contributed by atoms with Gasteiger partial charge in [0, 0.05) is 11.5 Å². The van der Waals surface area contributed by atoms with Gasteiger partial charge in [-0.1, -0.05) is 85.1 Å². The molecule has 0 N–H and O–H groups in total. The van der Waals surface area contributed by atoms with E-state index in [1.807, 2.05) is 0 Å². The van der Waals surface area contributed by atoms with E-state index in [9.17, 15) is 0 Å². The maximum Gasteiger partial charge on any atom is 0.250 e. The summed E-state index contributed by atoms with van der Waals surface area (Å²) in [7, 11) is -4.15. The van der Waals surface area contributed by atoms with Gasteiger partial charge in [0.05, 0.1) is 0 Å². The highest BCUT2D eigenvalue weighted by Crippen LogP contribution is 2.50. The molecule has 1 aliphatic rings. The molecule has 0 saturated heterocycles. The van der Waals surface area contributed by atoms with Crippen molar-refractivity contribution in [3.8, 4) is 11.5 Å². The number of rotatable bonds is 10. The summed E-state index contributed by atoms with van der Waals surface area (Å²) < 4.78 is 14.4. The van der Waals surface area contributed by atoms with Gasteiger partial charge in [-0.25, -0.2) is 0 Å². The van der Waals surface area contributed by atoms with Crippen LogP contribution in [0.3, 0.4) is 0 Å². The fourth-order valence-corrected chi connectivity index (χ4v) is 6.69. The third-order valence-electron chi connectivity index (χ3n) is 9.29. The average molecular weight is 543 g/mol. The quantitative estimate of drug-likeness (QED) is 0.166. The molecule has 210 valence electrons. The Kier molecular flexibility index (Phi) is 10.2. The van der Waals surface area contributed by atoms with Crippen LogP contribution in [-0.2, 0) is 6.42 Å². The Bertz CT molecular complexity index is 924. The van der Waals surface area contributed by atoms with Gasteiger partial charge >= 0.3 is 0 Å². The van der Waals surface area contributed by atoms with Crippen LogP contribution in [0.15, 0.2) is 35.9 Å². The molecule has 0 saturated carbocycles. The van der Waals surface area contributed by atoms with Crippen molar-refractivity contribution in [2.75, 3.05) is 0 Å². The van der Waals surface area contributed by atoms with Gasteiger partial charge in [-0.05, 0) is 99.4 Å². The molecular formula is C33H58O2Si2. The SMILES string of the molecule is C=C(C)[C@@H]1CCC(C)=CC1c1c(O[Si](C)(C)C(C)(C)C)cc(CCCCC)cc1O[Si](C)(C)C(C)(C)C. The summed E-state index contributed by atoms with van der Waals surface area (Å²) in [6, 6.07) is 4.74. The monoisotopic (exact) mass is 542 g/mol. The smallest absolute Gasteiger partial charge is 0.250 e. The van der Waals surface area contributed by atoms with Gasteiger partial charge in [0.25, 0.3) is 0 Å². The lowest BCUT2D eigenvalue weighted by Crippen LogP contribution is -2.45. The predicted molar refractivity (Wildman–Crippen MR) is 169 cm³/mol. The maximum absolute atomic E-state index is 7.22. The summed E-state index contributed by atoms with van der Waals surface area (Å²) in [5, 5.41) is 0.240. The van der Waals surface area contributed by atoms with Crippen molar-refractivity contribution < 1.29 is 8.85 Å². The predicted octanol–water partition coefficient (Wildman–Crippen LogP) is 11.2. The molecule has 1 aromatic carbocycles. The van der Waals surface area contributed by atoms with Crippen LogP contribution in [0.25, 0.3) is 0 Å².